The van der Waals surface area contributed by atoms with Gasteiger partial charge in [0.15, 0.2) is 48.9 Å². The Morgan fingerprint density at radius 2 is 1.22 bits per heavy atom. The Labute approximate surface area is 480 Å². The summed E-state index contributed by atoms with van der Waals surface area (Å²) < 4.78 is 84.2. The molecule has 0 radical (unpaired) electrons. The Morgan fingerprint density at radius 1 is 0.687 bits per heavy atom. The number of carbonyl (C=O) groups is 4. The molecule has 0 bridgehead atoms. The number of carbonyl (C=O) groups excluding carboxylic acids is 4. The molecule has 466 valence electrons. The van der Waals surface area contributed by atoms with Gasteiger partial charge in [0, 0.05) is 71.7 Å². The number of phenols is 2. The third-order valence-electron chi connectivity index (χ3n) is 16.6. The first-order valence-electron chi connectivity index (χ1n) is 28.2. The summed E-state index contributed by atoms with van der Waals surface area (Å²) in [6, 6.07) is 3.04. The smallest absolute Gasteiger partial charge is 0.303 e. The summed E-state index contributed by atoms with van der Waals surface area (Å²) in [5.41, 5.74) is -1.51. The van der Waals surface area contributed by atoms with E-state index in [-0.39, 0.29) is 71.7 Å². The predicted molar refractivity (Wildman–Crippen MR) is 282 cm³/mol. The third kappa shape index (κ3) is 13.9. The van der Waals surface area contributed by atoms with Gasteiger partial charge in [-0.25, -0.2) is 0 Å². The quantitative estimate of drug-likeness (QED) is 0.0982. The average molecular weight is 1180 g/mol. The van der Waals surface area contributed by atoms with Crippen molar-refractivity contribution in [3.05, 3.63) is 28.8 Å². The molecule has 25 atom stereocenters. The van der Waals surface area contributed by atoms with Crippen LogP contribution < -0.4 is 4.74 Å². The lowest BCUT2D eigenvalue weighted by Gasteiger charge is -2.46. The number of fused-ring (bicyclic) bond motifs is 2. The fourth-order valence-corrected chi connectivity index (χ4v) is 12.4. The van der Waals surface area contributed by atoms with E-state index in [1.54, 1.807) is 27.7 Å². The third-order valence-corrected chi connectivity index (χ3v) is 16.6. The topological polar surface area (TPSA) is 359 Å². The fourth-order valence-electron chi connectivity index (χ4n) is 12.4. The van der Waals surface area contributed by atoms with E-state index in [4.69, 9.17) is 66.3 Å². The molecule has 5 heterocycles. The van der Waals surface area contributed by atoms with E-state index in [2.05, 4.69) is 0 Å². The molecule has 26 nitrogen and oxygen atoms in total. The molecule has 0 amide bonds. The number of rotatable bonds is 18. The number of hydrogen-bond donors (Lipinski definition) is 8. The summed E-state index contributed by atoms with van der Waals surface area (Å²) in [6.07, 6.45) is -25.9. The van der Waals surface area contributed by atoms with Crippen LogP contribution in [0.5, 0.6) is 17.2 Å². The van der Waals surface area contributed by atoms with Crippen LogP contribution in [-0.4, -0.2) is 225 Å². The van der Waals surface area contributed by atoms with Gasteiger partial charge in [0.2, 0.25) is 6.29 Å². The Hall–Kier alpha value is -4.30. The lowest BCUT2D eigenvalue weighted by molar-refractivity contribution is -0.334. The first-order valence-corrected chi connectivity index (χ1v) is 28.2. The van der Waals surface area contributed by atoms with Crippen LogP contribution in [0, 0.1) is 12.8 Å². The Morgan fingerprint density at radius 3 is 1.78 bits per heavy atom. The van der Waals surface area contributed by atoms with Crippen LogP contribution in [0.1, 0.15) is 116 Å². The zero-order valence-corrected chi connectivity index (χ0v) is 48.7. The number of ether oxygens (including phenoxy) is 14. The number of ketones is 2. The molecule has 26 heteroatoms. The molecular weight excluding hydrogens is 1100 g/mol. The van der Waals surface area contributed by atoms with E-state index < -0.39 is 188 Å². The van der Waals surface area contributed by atoms with Crippen LogP contribution in [-0.2, 0) is 82.4 Å². The van der Waals surface area contributed by atoms with Gasteiger partial charge in [0.05, 0.1) is 65.9 Å². The second-order valence-electron chi connectivity index (χ2n) is 23.1. The minimum absolute atomic E-state index is 0.0251. The van der Waals surface area contributed by atoms with Crippen molar-refractivity contribution in [2.75, 3.05) is 14.2 Å². The minimum atomic E-state index is -1.96. The Balaban J connectivity index is 1.04. The Kier molecular flexibility index (Phi) is 20.5. The van der Waals surface area contributed by atoms with Gasteiger partial charge in [-0.05, 0) is 84.9 Å². The summed E-state index contributed by atoms with van der Waals surface area (Å²) >= 11 is 0. The second-order valence-corrected chi connectivity index (χ2v) is 23.1. The van der Waals surface area contributed by atoms with E-state index in [0.29, 0.717) is 0 Å². The van der Waals surface area contributed by atoms with E-state index in [0.717, 1.165) is 0 Å². The number of aromatic hydroxyl groups is 2. The zero-order valence-electron chi connectivity index (χ0n) is 48.7. The number of aliphatic hydroxyl groups excluding tert-OH is 5. The maximum Gasteiger partial charge on any atom is 0.303 e. The van der Waals surface area contributed by atoms with Gasteiger partial charge >= 0.3 is 11.9 Å². The Bertz CT molecular complexity index is 2620. The van der Waals surface area contributed by atoms with Crippen molar-refractivity contribution < 1.29 is 126 Å². The summed E-state index contributed by atoms with van der Waals surface area (Å²) in [6.45, 7) is 14.8. The van der Waals surface area contributed by atoms with Crippen molar-refractivity contribution >= 4 is 34.3 Å². The minimum Gasteiger partial charge on any atom is -0.507 e. The summed E-state index contributed by atoms with van der Waals surface area (Å²) in [5, 5.41) is 90.1. The first kappa shape index (κ1) is 64.7. The van der Waals surface area contributed by atoms with Gasteiger partial charge in [0.25, 0.3) is 0 Å². The highest BCUT2D eigenvalue weighted by molar-refractivity contribution is 6.11. The summed E-state index contributed by atoms with van der Waals surface area (Å²) in [7, 11) is 2.64. The molecule has 8 rings (SSSR count). The van der Waals surface area contributed by atoms with Crippen molar-refractivity contribution in [2.45, 2.75) is 255 Å². The highest BCUT2D eigenvalue weighted by Gasteiger charge is 2.52. The van der Waals surface area contributed by atoms with E-state index in [9.17, 15) is 55.2 Å². The maximum atomic E-state index is 15.1. The highest BCUT2D eigenvalue weighted by Crippen LogP contribution is 2.48. The molecule has 8 N–H and O–H groups in total. The van der Waals surface area contributed by atoms with Crippen LogP contribution in [0.15, 0.2) is 12.1 Å². The molecule has 83 heavy (non-hydrogen) atoms. The molecule has 2 aromatic carbocycles. The van der Waals surface area contributed by atoms with Gasteiger partial charge in [-0.15, -0.1) is 0 Å². The van der Waals surface area contributed by atoms with Crippen LogP contribution in [0.25, 0.3) is 10.8 Å². The number of Topliss-reactive ketones (excluding diaryl/α,β-unsaturated/α-hetero) is 2. The molecule has 0 aromatic heterocycles. The summed E-state index contributed by atoms with van der Waals surface area (Å²) in [4.78, 5) is 53.2. The number of methoxy groups -OCH3 is 2. The predicted octanol–water partition coefficient (Wildman–Crippen LogP) is 1.55. The zero-order chi connectivity index (χ0) is 60.8. The highest BCUT2D eigenvalue weighted by atomic mass is 16.7. The van der Waals surface area contributed by atoms with Crippen molar-refractivity contribution in [1.82, 2.24) is 0 Å². The number of aliphatic hydroxyl groups is 6. The molecule has 6 aliphatic rings. The van der Waals surface area contributed by atoms with Gasteiger partial charge < -0.3 is 107 Å². The van der Waals surface area contributed by atoms with Gasteiger partial charge in [-0.2, -0.15) is 0 Å². The molecule has 5 saturated heterocycles. The normalized spacial score (nSPS) is 39.7. The van der Waals surface area contributed by atoms with Crippen LogP contribution in [0.4, 0.5) is 0 Å². The SMILES string of the molecule is CO[C@H]1[C@H](C)OC(O[C@H]2CC(Oc3cc4cc5c(c(O)c4c(O)c3C)C(=O)[C@@H](OC3C[C@H](OC4C[C@@H](OC6C[C@@](C)(O)[C@H](OC(C)=O)[C@H](C)O6)[C@H](O)[C@H](C)O4)[C@@H](O)[C@@H](C)O3)[C@@H]([C@@H](OC)C(=O)[C@H](O)[C@H](C)O)C5)O[C@@H](C)[C@@H]2OC(C)=O)C[C@@H]1O. The van der Waals surface area contributed by atoms with E-state index in [1.165, 1.54) is 67.9 Å². The first-order chi connectivity index (χ1) is 39.0. The molecule has 5 aliphatic heterocycles. The van der Waals surface area contributed by atoms with Gasteiger partial charge in [-0.3, -0.25) is 19.2 Å². The molecule has 0 spiro atoms. The largest absolute Gasteiger partial charge is 0.507 e. The van der Waals surface area contributed by atoms with Crippen LogP contribution in [0.2, 0.25) is 0 Å². The van der Waals surface area contributed by atoms with Crippen molar-refractivity contribution in [1.29, 1.82) is 0 Å². The molecule has 5 unspecified atom stereocenters. The maximum absolute atomic E-state index is 15.1. The van der Waals surface area contributed by atoms with Crippen molar-refractivity contribution in [3.63, 3.8) is 0 Å². The monoisotopic (exact) mass is 1180 g/mol. The van der Waals surface area contributed by atoms with Gasteiger partial charge in [0.1, 0.15) is 65.6 Å². The molecule has 0 saturated carbocycles. The lowest BCUT2D eigenvalue weighted by atomic mass is 9.75. The number of esters is 2. The second kappa shape index (κ2) is 26.4. The van der Waals surface area contributed by atoms with Crippen molar-refractivity contribution in [2.24, 2.45) is 5.92 Å². The van der Waals surface area contributed by atoms with Crippen LogP contribution >= 0.6 is 0 Å². The number of phenolic OH excluding ortho intramolecular Hbond substituents is 2. The fraction of sp³-hybridized carbons (Fsp3) is 0.754. The molecule has 2 aromatic rings. The molecule has 1 aliphatic carbocycles. The van der Waals surface area contributed by atoms with E-state index in [1.807, 2.05) is 0 Å². The number of hydrogen-bond acceptors (Lipinski definition) is 26. The average Bonchev–Trinajstić information content (AvgIpc) is 3.47. The standard InChI is InChI=1S/C57H82O26/c1-21-34(79-40-19-37(53(26(6)75-40)77-28(8)59)82-38-16-33(61)52(70-11)25(5)74-38)15-31-13-30-14-32(54(71-12)51(68)46(63)22(2)58)55(50(67)44(30)49(66)43(31)45(21)62)83-41-18-35(47(64)24(4)73-41)80-39-17-36(48(65)23(3)72-39)81-42-20-57(10,69)56(27(7)76-42)78-29(9)60/h13,15,22-27,32-33,35-42,46-48,52-56,58,61-66,69H,14,16-20H2,1-12H3/t22-,23-,24+,25-,26-,27-,32+,33-,35-,36+,37-,38?,39?,40?,41?,42?,46+,47-,48+,52-,53-,54+,55-,56+,57+/m0/s1. The number of benzene rings is 2. The molecule has 5 fully saturated rings. The van der Waals surface area contributed by atoms with Crippen LogP contribution in [0.3, 0.4) is 0 Å². The lowest BCUT2D eigenvalue weighted by Crippen LogP contribution is -2.59. The molecular formula is C57H82O26. The van der Waals surface area contributed by atoms with Crippen molar-refractivity contribution in [3.8, 4) is 17.2 Å². The van der Waals surface area contributed by atoms with E-state index >= 15 is 4.79 Å². The van der Waals surface area contributed by atoms with Gasteiger partial charge in [-0.1, -0.05) is 0 Å². The summed E-state index contributed by atoms with van der Waals surface area (Å²) in [5.74, 6) is -5.32.